The number of piperazine rings is 1. The van der Waals surface area contributed by atoms with Gasteiger partial charge >= 0.3 is 5.97 Å². The normalized spacial score (nSPS) is 22.6. The number of anilines is 1. The number of carbonyl (C=O) groups is 3. The van der Waals surface area contributed by atoms with Crippen LogP contribution in [0, 0.1) is 0 Å². The smallest absolute Gasteiger partial charge is 0.303 e. The molecule has 2 N–H and O–H groups in total. The Morgan fingerprint density at radius 3 is 2.37 bits per heavy atom. The van der Waals surface area contributed by atoms with Crippen LogP contribution < -0.4 is 10.2 Å². The number of aliphatic carboxylic acids is 1. The molecule has 2 aliphatic heterocycles. The van der Waals surface area contributed by atoms with Crippen molar-refractivity contribution >= 4 is 23.7 Å². The molecule has 9 nitrogen and oxygen atoms in total. The summed E-state index contributed by atoms with van der Waals surface area (Å²) in [5.74, 6) is -0.240. The van der Waals surface area contributed by atoms with Gasteiger partial charge in [0.1, 0.15) is 0 Å². The van der Waals surface area contributed by atoms with Crippen molar-refractivity contribution in [3.63, 3.8) is 0 Å². The zero-order valence-corrected chi connectivity index (χ0v) is 15.3. The summed E-state index contributed by atoms with van der Waals surface area (Å²) in [5.41, 5.74) is -0.565. The second-order valence-corrected chi connectivity index (χ2v) is 7.14. The predicted octanol–water partition coefficient (Wildman–Crippen LogP) is 0.419. The maximum Gasteiger partial charge on any atom is 0.303 e. The Bertz CT molecular complexity index is 690. The van der Waals surface area contributed by atoms with Gasteiger partial charge < -0.3 is 20.2 Å². The molecular weight excluding hydrogens is 350 g/mol. The quantitative estimate of drug-likeness (QED) is 0.709. The SMILES string of the molecule is O=C(O)CC[C@@]1(CCC(=O)N2CCN(c3ncccn3)CC2)CCC(=O)N1. The summed E-state index contributed by atoms with van der Waals surface area (Å²) in [7, 11) is 0. The van der Waals surface area contributed by atoms with E-state index in [0.29, 0.717) is 64.2 Å². The van der Waals surface area contributed by atoms with Crippen LogP contribution >= 0.6 is 0 Å². The van der Waals surface area contributed by atoms with Gasteiger partial charge in [0, 0.05) is 63.4 Å². The Morgan fingerprint density at radius 1 is 1.11 bits per heavy atom. The van der Waals surface area contributed by atoms with Crippen molar-refractivity contribution in [3.05, 3.63) is 18.5 Å². The molecule has 2 fully saturated rings. The number of carboxylic acids is 1. The third kappa shape index (κ3) is 4.93. The molecule has 0 spiro atoms. The molecule has 2 aliphatic rings. The molecule has 0 radical (unpaired) electrons. The van der Waals surface area contributed by atoms with Crippen molar-refractivity contribution in [2.45, 2.75) is 44.1 Å². The summed E-state index contributed by atoms with van der Waals surface area (Å²) >= 11 is 0. The minimum absolute atomic E-state index is 0.00970. The van der Waals surface area contributed by atoms with E-state index in [1.165, 1.54) is 0 Å². The van der Waals surface area contributed by atoms with Gasteiger partial charge in [0.2, 0.25) is 17.8 Å². The molecule has 3 heterocycles. The van der Waals surface area contributed by atoms with Gasteiger partial charge in [-0.1, -0.05) is 0 Å². The Morgan fingerprint density at radius 2 is 1.78 bits per heavy atom. The fourth-order valence-corrected chi connectivity index (χ4v) is 3.73. The van der Waals surface area contributed by atoms with E-state index in [2.05, 4.69) is 20.2 Å². The topological polar surface area (TPSA) is 116 Å². The summed E-state index contributed by atoms with van der Waals surface area (Å²) in [6.07, 6.45) is 5.52. The van der Waals surface area contributed by atoms with Gasteiger partial charge in [0.25, 0.3) is 0 Å². The lowest BCUT2D eigenvalue weighted by Crippen LogP contribution is -2.50. The molecule has 1 atom stereocenters. The molecule has 0 saturated carbocycles. The highest BCUT2D eigenvalue weighted by atomic mass is 16.4. The highest BCUT2D eigenvalue weighted by molar-refractivity contribution is 5.80. The zero-order chi connectivity index (χ0) is 19.3. The molecular formula is C18H25N5O4. The Hall–Kier alpha value is -2.71. The van der Waals surface area contributed by atoms with Crippen molar-refractivity contribution in [1.29, 1.82) is 0 Å². The summed E-state index contributed by atoms with van der Waals surface area (Å²) < 4.78 is 0. The Balaban J connectivity index is 1.50. The minimum Gasteiger partial charge on any atom is -0.481 e. The van der Waals surface area contributed by atoms with Crippen LogP contribution in [0.25, 0.3) is 0 Å². The lowest BCUT2D eigenvalue weighted by Gasteiger charge is -2.35. The number of nitrogens with zero attached hydrogens (tertiary/aromatic N) is 4. The van der Waals surface area contributed by atoms with E-state index in [-0.39, 0.29) is 18.2 Å². The first kappa shape index (κ1) is 19.1. The van der Waals surface area contributed by atoms with Crippen LogP contribution in [0.1, 0.15) is 38.5 Å². The fraction of sp³-hybridized carbons (Fsp3) is 0.611. The largest absolute Gasteiger partial charge is 0.481 e. The summed E-state index contributed by atoms with van der Waals surface area (Å²) in [5, 5.41) is 11.9. The van der Waals surface area contributed by atoms with Gasteiger partial charge in [-0.15, -0.1) is 0 Å². The molecule has 0 aromatic carbocycles. The van der Waals surface area contributed by atoms with E-state index in [0.717, 1.165) is 0 Å². The van der Waals surface area contributed by atoms with Crippen LogP contribution in [0.3, 0.4) is 0 Å². The van der Waals surface area contributed by atoms with Crippen LogP contribution in [-0.2, 0) is 14.4 Å². The number of rotatable bonds is 7. The molecule has 2 amide bonds. The van der Waals surface area contributed by atoms with E-state index in [9.17, 15) is 14.4 Å². The standard InChI is InChI=1S/C18H25N5O4/c24-14-2-5-18(21-14,7-4-16(26)27)6-3-15(25)22-10-12-23(13-11-22)17-19-8-1-9-20-17/h1,8-9H,2-7,10-13H2,(H,21,24)(H,26,27)/t18-/m0/s1. The van der Waals surface area contributed by atoms with Crippen molar-refractivity contribution in [1.82, 2.24) is 20.2 Å². The van der Waals surface area contributed by atoms with Gasteiger partial charge in [0.05, 0.1) is 0 Å². The second kappa shape index (κ2) is 8.32. The van der Waals surface area contributed by atoms with E-state index < -0.39 is 11.5 Å². The van der Waals surface area contributed by atoms with Crippen LogP contribution in [0.2, 0.25) is 0 Å². The predicted molar refractivity (Wildman–Crippen MR) is 97.0 cm³/mol. The van der Waals surface area contributed by atoms with Crippen LogP contribution in [-0.4, -0.2) is 69.5 Å². The number of carboxylic acid groups (broad SMARTS) is 1. The highest BCUT2D eigenvalue weighted by Gasteiger charge is 2.38. The van der Waals surface area contributed by atoms with E-state index in [1.54, 1.807) is 18.5 Å². The first-order valence-corrected chi connectivity index (χ1v) is 9.30. The molecule has 0 unspecified atom stereocenters. The lowest BCUT2D eigenvalue weighted by molar-refractivity contribution is -0.137. The summed E-state index contributed by atoms with van der Waals surface area (Å²) in [6, 6.07) is 1.77. The van der Waals surface area contributed by atoms with E-state index >= 15 is 0 Å². The molecule has 1 aromatic heterocycles. The monoisotopic (exact) mass is 375 g/mol. The fourth-order valence-electron chi connectivity index (χ4n) is 3.73. The molecule has 146 valence electrons. The highest BCUT2D eigenvalue weighted by Crippen LogP contribution is 2.30. The molecule has 0 bridgehead atoms. The molecule has 0 aliphatic carbocycles. The first-order valence-electron chi connectivity index (χ1n) is 9.30. The molecule has 9 heteroatoms. The van der Waals surface area contributed by atoms with Crippen molar-refractivity contribution in [2.75, 3.05) is 31.1 Å². The van der Waals surface area contributed by atoms with Gasteiger partial charge in [-0.3, -0.25) is 14.4 Å². The van der Waals surface area contributed by atoms with Crippen LogP contribution in [0.5, 0.6) is 0 Å². The lowest BCUT2D eigenvalue weighted by atomic mass is 9.86. The summed E-state index contributed by atoms with van der Waals surface area (Å²) in [6.45, 7) is 2.56. The van der Waals surface area contributed by atoms with Crippen molar-refractivity contribution < 1.29 is 19.5 Å². The first-order chi connectivity index (χ1) is 13.0. The number of hydrogen-bond acceptors (Lipinski definition) is 6. The Labute approximate surface area is 157 Å². The average Bonchev–Trinajstić information content (AvgIpc) is 3.07. The molecule has 27 heavy (non-hydrogen) atoms. The Kier molecular flexibility index (Phi) is 5.88. The maximum atomic E-state index is 12.6. The van der Waals surface area contributed by atoms with Crippen LogP contribution in [0.15, 0.2) is 18.5 Å². The summed E-state index contributed by atoms with van der Waals surface area (Å²) in [4.78, 5) is 47.5. The minimum atomic E-state index is -0.888. The van der Waals surface area contributed by atoms with Crippen molar-refractivity contribution in [3.8, 4) is 0 Å². The number of hydrogen-bond donors (Lipinski definition) is 2. The third-order valence-electron chi connectivity index (χ3n) is 5.34. The molecule has 1 aromatic rings. The maximum absolute atomic E-state index is 12.6. The van der Waals surface area contributed by atoms with Gasteiger partial charge in [0.15, 0.2) is 0 Å². The van der Waals surface area contributed by atoms with Gasteiger partial charge in [-0.05, 0) is 25.3 Å². The molecule has 3 rings (SSSR count). The van der Waals surface area contributed by atoms with Gasteiger partial charge in [-0.25, -0.2) is 9.97 Å². The van der Waals surface area contributed by atoms with E-state index in [1.807, 2.05) is 4.90 Å². The number of carbonyl (C=O) groups excluding carboxylic acids is 2. The third-order valence-corrected chi connectivity index (χ3v) is 5.34. The number of aromatic nitrogens is 2. The number of amides is 2. The molecule has 2 saturated heterocycles. The second-order valence-electron chi connectivity index (χ2n) is 7.14. The average molecular weight is 375 g/mol. The van der Waals surface area contributed by atoms with Gasteiger partial charge in [-0.2, -0.15) is 0 Å². The van der Waals surface area contributed by atoms with Crippen LogP contribution in [0.4, 0.5) is 5.95 Å². The number of nitrogens with one attached hydrogen (secondary N) is 1. The van der Waals surface area contributed by atoms with Crippen molar-refractivity contribution in [2.24, 2.45) is 0 Å². The van der Waals surface area contributed by atoms with E-state index in [4.69, 9.17) is 5.11 Å². The zero-order valence-electron chi connectivity index (χ0n) is 15.3.